The normalized spacial score (nSPS) is 30.8. The summed E-state index contributed by atoms with van der Waals surface area (Å²) in [4.78, 5) is 13.6. The summed E-state index contributed by atoms with van der Waals surface area (Å²) in [6.07, 6.45) is 6.41. The van der Waals surface area contributed by atoms with Crippen molar-refractivity contribution < 1.29 is 17.9 Å². The number of hydrogen-bond donors (Lipinski definition) is 1. The lowest BCUT2D eigenvalue weighted by Gasteiger charge is -2.65. The van der Waals surface area contributed by atoms with Gasteiger partial charge in [0.05, 0.1) is 17.7 Å². The zero-order chi connectivity index (χ0) is 25.9. The van der Waals surface area contributed by atoms with E-state index in [1.54, 1.807) is 12.1 Å². The van der Waals surface area contributed by atoms with Crippen molar-refractivity contribution >= 4 is 44.8 Å². The van der Waals surface area contributed by atoms with Crippen LogP contribution in [-0.2, 0) is 14.8 Å². The lowest BCUT2D eigenvalue weighted by atomic mass is 9.43. The molecule has 4 saturated carbocycles. The molecule has 2 atom stereocenters. The maximum Gasteiger partial charge on any atom is 0.264 e. The molecule has 4 bridgehead atoms. The smallest absolute Gasteiger partial charge is 0.264 e. The number of methoxy groups -OCH3 is 1. The molecule has 1 N–H and O–H groups in total. The van der Waals surface area contributed by atoms with E-state index < -0.39 is 10.0 Å². The van der Waals surface area contributed by atoms with E-state index in [2.05, 4.69) is 19.2 Å². The van der Waals surface area contributed by atoms with Crippen molar-refractivity contribution in [3.63, 3.8) is 0 Å². The average Bonchev–Trinajstić information content (AvgIpc) is 2.75. The molecule has 36 heavy (non-hydrogen) atoms. The minimum absolute atomic E-state index is 0.0246. The van der Waals surface area contributed by atoms with E-state index in [0.717, 1.165) is 23.6 Å². The van der Waals surface area contributed by atoms with E-state index in [4.69, 9.17) is 27.9 Å². The van der Waals surface area contributed by atoms with Gasteiger partial charge in [0.15, 0.2) is 0 Å². The Balaban J connectivity index is 1.49. The van der Waals surface area contributed by atoms with Crippen molar-refractivity contribution in [1.29, 1.82) is 0 Å². The number of benzene rings is 2. The van der Waals surface area contributed by atoms with E-state index in [1.165, 1.54) is 56.7 Å². The van der Waals surface area contributed by atoms with Gasteiger partial charge in [-0.25, -0.2) is 8.42 Å². The third-order valence-corrected chi connectivity index (χ3v) is 10.4. The van der Waals surface area contributed by atoms with Crippen molar-refractivity contribution in [2.45, 2.75) is 62.8 Å². The first-order chi connectivity index (χ1) is 16.8. The summed E-state index contributed by atoms with van der Waals surface area (Å²) in [6.45, 7) is 4.29. The van der Waals surface area contributed by atoms with Crippen LogP contribution in [0.3, 0.4) is 0 Å². The highest BCUT2D eigenvalue weighted by Crippen LogP contribution is 2.66. The van der Waals surface area contributed by atoms with Gasteiger partial charge in [-0.15, -0.1) is 0 Å². The van der Waals surface area contributed by atoms with Gasteiger partial charge in [-0.2, -0.15) is 0 Å². The zero-order valence-electron chi connectivity index (χ0n) is 20.8. The maximum absolute atomic E-state index is 13.8. The highest BCUT2D eigenvalue weighted by molar-refractivity contribution is 7.92. The molecular formula is C27H32Cl2N2O4S. The van der Waals surface area contributed by atoms with Gasteiger partial charge in [0, 0.05) is 15.6 Å². The summed E-state index contributed by atoms with van der Waals surface area (Å²) in [6, 6.07) is 10.6. The Bertz CT molecular complexity index is 1280. The van der Waals surface area contributed by atoms with E-state index in [9.17, 15) is 13.2 Å². The molecule has 0 radical (unpaired) electrons. The van der Waals surface area contributed by atoms with Crippen molar-refractivity contribution in [2.75, 3.05) is 18.0 Å². The molecule has 0 heterocycles. The SMILES string of the molecule is COc1ccc(Cl)cc1N(CC(=O)NC12CC3CC(C)(CC(C)(C3)C1)C2)S(=O)(=O)c1ccc(Cl)cc1. The van der Waals surface area contributed by atoms with Gasteiger partial charge >= 0.3 is 0 Å². The van der Waals surface area contributed by atoms with Crippen LogP contribution in [0, 0.1) is 16.7 Å². The molecule has 2 aromatic rings. The van der Waals surface area contributed by atoms with Crippen LogP contribution in [0.1, 0.15) is 52.4 Å². The summed E-state index contributed by atoms with van der Waals surface area (Å²) in [5.74, 6) is 0.571. The molecule has 0 aliphatic heterocycles. The third-order valence-electron chi connectivity index (χ3n) is 8.13. The van der Waals surface area contributed by atoms with Gasteiger partial charge < -0.3 is 10.1 Å². The Morgan fingerprint density at radius 3 is 2.19 bits per heavy atom. The van der Waals surface area contributed by atoms with Crippen molar-refractivity contribution in [1.82, 2.24) is 5.32 Å². The molecule has 0 saturated heterocycles. The zero-order valence-corrected chi connectivity index (χ0v) is 23.1. The van der Waals surface area contributed by atoms with Crippen LogP contribution in [0.4, 0.5) is 5.69 Å². The monoisotopic (exact) mass is 550 g/mol. The van der Waals surface area contributed by atoms with Gasteiger partial charge in [0.2, 0.25) is 5.91 Å². The van der Waals surface area contributed by atoms with Gasteiger partial charge in [-0.3, -0.25) is 9.10 Å². The number of carbonyl (C=O) groups is 1. The van der Waals surface area contributed by atoms with Crippen molar-refractivity contribution in [2.24, 2.45) is 16.7 Å². The summed E-state index contributed by atoms with van der Waals surface area (Å²) in [5.41, 5.74) is 0.340. The first kappa shape index (κ1) is 25.7. The summed E-state index contributed by atoms with van der Waals surface area (Å²) >= 11 is 12.2. The fourth-order valence-electron chi connectivity index (χ4n) is 7.94. The van der Waals surface area contributed by atoms with Crippen LogP contribution in [0.2, 0.25) is 10.0 Å². The van der Waals surface area contributed by atoms with E-state index in [0.29, 0.717) is 21.7 Å². The molecule has 0 aromatic heterocycles. The number of carbonyl (C=O) groups excluding carboxylic acids is 1. The van der Waals surface area contributed by atoms with Gasteiger partial charge in [0.1, 0.15) is 12.3 Å². The van der Waals surface area contributed by atoms with Crippen LogP contribution in [0.25, 0.3) is 0 Å². The predicted molar refractivity (Wildman–Crippen MR) is 142 cm³/mol. The lowest BCUT2D eigenvalue weighted by Crippen LogP contribution is -2.65. The largest absolute Gasteiger partial charge is 0.495 e. The lowest BCUT2D eigenvalue weighted by molar-refractivity contribution is -0.138. The number of rotatable bonds is 7. The fraction of sp³-hybridized carbons (Fsp3) is 0.519. The van der Waals surface area contributed by atoms with E-state index in [-0.39, 0.29) is 39.4 Å². The Morgan fingerprint density at radius 1 is 1.00 bits per heavy atom. The Hall–Kier alpha value is -1.96. The topological polar surface area (TPSA) is 75.7 Å². The number of nitrogens with zero attached hydrogens (tertiary/aromatic N) is 1. The molecule has 194 valence electrons. The minimum Gasteiger partial charge on any atom is -0.495 e. The first-order valence-electron chi connectivity index (χ1n) is 12.3. The van der Waals surface area contributed by atoms with Crippen LogP contribution >= 0.6 is 23.2 Å². The number of anilines is 1. The van der Waals surface area contributed by atoms with Crippen molar-refractivity contribution in [3.8, 4) is 5.75 Å². The quantitative estimate of drug-likeness (QED) is 0.454. The average molecular weight is 552 g/mol. The second-order valence-electron chi connectivity index (χ2n) is 11.7. The molecule has 2 unspecified atom stereocenters. The molecule has 4 aliphatic rings. The number of nitrogens with one attached hydrogen (secondary N) is 1. The summed E-state index contributed by atoms with van der Waals surface area (Å²) in [5, 5.41) is 4.08. The Morgan fingerprint density at radius 2 is 1.61 bits per heavy atom. The molecule has 4 aliphatic carbocycles. The number of sulfonamides is 1. The maximum atomic E-state index is 13.8. The molecule has 2 aromatic carbocycles. The van der Waals surface area contributed by atoms with Gasteiger partial charge in [-0.05, 0) is 97.7 Å². The molecule has 0 spiro atoms. The Labute approximate surface area is 223 Å². The highest BCUT2D eigenvalue weighted by atomic mass is 35.5. The van der Waals surface area contributed by atoms with Crippen molar-refractivity contribution in [3.05, 3.63) is 52.5 Å². The second kappa shape index (κ2) is 8.81. The number of halogens is 2. The van der Waals surface area contributed by atoms with Crippen LogP contribution in [0.5, 0.6) is 5.75 Å². The fourth-order valence-corrected chi connectivity index (χ4v) is 9.66. The summed E-state index contributed by atoms with van der Waals surface area (Å²) in [7, 11) is -2.68. The molecular weight excluding hydrogens is 519 g/mol. The van der Waals surface area contributed by atoms with Crippen LogP contribution < -0.4 is 14.4 Å². The standard InChI is InChI=1S/C27H32Cl2N2O4S/c1-25-11-18-12-26(2,15-25)17-27(13-18,16-25)30-24(32)14-31(22-10-20(29)6-9-23(22)35-3)36(33,34)21-7-4-19(28)5-8-21/h4-10,18H,11-17H2,1-3H3,(H,30,32). The molecule has 6 nitrogen and oxygen atoms in total. The molecule has 6 rings (SSSR count). The predicted octanol–water partition coefficient (Wildman–Crippen LogP) is 6.06. The third kappa shape index (κ3) is 4.70. The Kier molecular flexibility index (Phi) is 6.29. The van der Waals surface area contributed by atoms with E-state index in [1.807, 2.05) is 0 Å². The van der Waals surface area contributed by atoms with Crippen LogP contribution in [0.15, 0.2) is 47.4 Å². The summed E-state index contributed by atoms with van der Waals surface area (Å²) < 4.78 is 34.2. The first-order valence-corrected chi connectivity index (χ1v) is 14.5. The molecule has 4 fully saturated rings. The van der Waals surface area contributed by atoms with Crippen LogP contribution in [-0.4, -0.2) is 33.5 Å². The molecule has 9 heteroatoms. The minimum atomic E-state index is -4.13. The second-order valence-corrected chi connectivity index (χ2v) is 14.5. The molecule has 1 amide bonds. The number of amides is 1. The van der Waals surface area contributed by atoms with Gasteiger partial charge in [-0.1, -0.05) is 37.0 Å². The number of ether oxygens (including phenoxy) is 1. The number of hydrogen-bond acceptors (Lipinski definition) is 4. The van der Waals surface area contributed by atoms with Gasteiger partial charge in [0.25, 0.3) is 10.0 Å². The van der Waals surface area contributed by atoms with E-state index >= 15 is 0 Å². The highest BCUT2D eigenvalue weighted by Gasteiger charge is 2.60.